The first-order valence-electron chi connectivity index (χ1n) is 40.8. The number of allylic oxidation sites excluding steroid dienone is 26. The number of unbranched alkanes of at least 4 members (excludes halogenated alkanes) is 27. The Hall–Kier alpha value is -4.83. The number of aliphatic hydroxyl groups excluding tert-OH is 2. The van der Waals surface area contributed by atoms with Crippen molar-refractivity contribution < 1.29 is 75.8 Å². The highest BCUT2D eigenvalue weighted by Gasteiger charge is 2.29. The molecule has 0 heterocycles. The van der Waals surface area contributed by atoms with Crippen LogP contribution < -0.4 is 0 Å². The zero-order chi connectivity index (χ0) is 76.6. The molecular formula is C87H146O16P2. The first-order chi connectivity index (χ1) is 51.2. The smallest absolute Gasteiger partial charge is 0.463 e. The summed E-state index contributed by atoms with van der Waals surface area (Å²) in [6, 6.07) is 0. The van der Waals surface area contributed by atoms with Crippen LogP contribution in [0.4, 0.5) is 0 Å². The highest BCUT2D eigenvalue weighted by Crippen LogP contribution is 2.45. The van der Waals surface area contributed by atoms with Gasteiger partial charge in [-0.1, -0.05) is 307 Å². The average molecular weight is 1510 g/mol. The molecule has 0 aromatic heterocycles. The molecule has 0 aromatic rings. The molecular weight excluding hydrogens is 1360 g/mol. The van der Waals surface area contributed by atoms with Gasteiger partial charge in [-0.05, 0) is 148 Å². The summed E-state index contributed by atoms with van der Waals surface area (Å²) in [4.78, 5) is 58.8. The van der Waals surface area contributed by atoms with E-state index < -0.39 is 91.5 Å². The van der Waals surface area contributed by atoms with Crippen LogP contribution in [0, 0.1) is 0 Å². The molecule has 0 aliphatic carbocycles. The third-order valence-electron chi connectivity index (χ3n) is 16.7. The van der Waals surface area contributed by atoms with E-state index in [4.69, 9.17) is 32.3 Å². The Balaban J connectivity index is 4.62. The molecule has 0 saturated heterocycles. The Morgan fingerprint density at radius 3 is 0.800 bits per heavy atom. The lowest BCUT2D eigenvalue weighted by atomic mass is 10.0. The van der Waals surface area contributed by atoms with E-state index in [2.05, 4.69) is 179 Å². The van der Waals surface area contributed by atoms with Crippen LogP contribution in [0.5, 0.6) is 0 Å². The zero-order valence-corrected chi connectivity index (χ0v) is 67.4. The van der Waals surface area contributed by atoms with Gasteiger partial charge >= 0.3 is 33.6 Å². The van der Waals surface area contributed by atoms with E-state index in [1.807, 2.05) is 0 Å². The van der Waals surface area contributed by atoms with Crippen molar-refractivity contribution in [2.45, 2.75) is 334 Å². The molecule has 0 rings (SSSR count). The standard InChI is InChI=1S/C87H146O16P2/c1-4-7-10-13-16-19-22-25-28-31-34-36-37-38-39-40-41-42-43-45-48-49-52-55-58-61-64-67-70-73-85(90)97-76-82(88)77-99-104(93,94)100-78-83(89)79-101-105(95,96)102-81-84(103-87(92)75-72-69-66-63-60-57-54-51-46-33-30-27-24-21-18-15-12-9-6-3)80-98-86(91)74-71-68-65-62-59-56-53-50-47-44-35-32-29-26-23-20-17-14-11-8-5-2/h8-9,11-12,16-21,25-30,34-36,38-39,44,46,50-51,53,82-84,88-89H,4-7,10,13-15,22-24,31-33,37,40-43,45,47-49,52,54-81H2,1-3H3,(H,93,94)(H,95,96)/b11-8-,12-9-,19-16-,20-17-,21-18-,28-25-,29-26-,30-27-,36-34-,39-38-,44-35-,51-46-,53-50-. The van der Waals surface area contributed by atoms with E-state index in [9.17, 15) is 43.5 Å². The number of hydrogen-bond donors (Lipinski definition) is 4. The minimum absolute atomic E-state index is 0.0784. The molecule has 0 bridgehead atoms. The number of phosphoric acid groups is 2. The lowest BCUT2D eigenvalue weighted by Gasteiger charge is -2.21. The highest BCUT2D eigenvalue weighted by atomic mass is 31.2. The van der Waals surface area contributed by atoms with Gasteiger partial charge in [0.05, 0.1) is 26.4 Å². The van der Waals surface area contributed by atoms with Gasteiger partial charge in [0.2, 0.25) is 0 Å². The SMILES string of the molecule is CC/C=C\C/C=C\C/C=C\C/C=C\C/C=C\CCCCCCCC(=O)OCC(COP(=O)(O)OCC(O)COP(=O)(O)OCC(O)COC(=O)CCCCCCCCCCCCCCC/C=C\C/C=C\C/C=C\C/C=C\CCCCC)OC(=O)CCCCCCCC/C=C\C/C=C\C/C=C\C/C=C\CC. The number of phosphoric ester groups is 2. The van der Waals surface area contributed by atoms with Crippen molar-refractivity contribution in [3.05, 3.63) is 158 Å². The van der Waals surface area contributed by atoms with E-state index in [1.54, 1.807) is 0 Å². The van der Waals surface area contributed by atoms with Crippen molar-refractivity contribution in [2.24, 2.45) is 0 Å². The molecule has 5 unspecified atom stereocenters. The molecule has 0 aliphatic rings. The predicted octanol–water partition coefficient (Wildman–Crippen LogP) is 24.2. The molecule has 16 nitrogen and oxygen atoms in total. The van der Waals surface area contributed by atoms with Gasteiger partial charge in [0.1, 0.15) is 25.4 Å². The van der Waals surface area contributed by atoms with Crippen LogP contribution in [-0.4, -0.2) is 95.9 Å². The molecule has 0 spiro atoms. The Labute approximate surface area is 638 Å². The van der Waals surface area contributed by atoms with Gasteiger partial charge < -0.3 is 34.2 Å². The van der Waals surface area contributed by atoms with E-state index in [-0.39, 0.29) is 19.3 Å². The van der Waals surface area contributed by atoms with Gasteiger partial charge in [0.15, 0.2) is 6.10 Å². The fourth-order valence-electron chi connectivity index (χ4n) is 10.6. The fraction of sp³-hybridized carbons (Fsp3) is 0.667. The van der Waals surface area contributed by atoms with E-state index in [0.29, 0.717) is 19.3 Å². The number of carbonyl (C=O) groups excluding carboxylic acids is 3. The van der Waals surface area contributed by atoms with Crippen molar-refractivity contribution in [1.29, 1.82) is 0 Å². The summed E-state index contributed by atoms with van der Waals surface area (Å²) in [6.07, 6.45) is 98.5. The van der Waals surface area contributed by atoms with Gasteiger partial charge in [0, 0.05) is 19.3 Å². The molecule has 0 aromatic carbocycles. The van der Waals surface area contributed by atoms with Crippen LogP contribution in [0.1, 0.15) is 316 Å². The maximum absolute atomic E-state index is 13.0. The number of hydrogen-bond acceptors (Lipinski definition) is 14. The van der Waals surface area contributed by atoms with Crippen molar-refractivity contribution in [3.8, 4) is 0 Å². The van der Waals surface area contributed by atoms with Gasteiger partial charge in [-0.25, -0.2) is 9.13 Å². The van der Waals surface area contributed by atoms with Gasteiger partial charge in [0.25, 0.3) is 0 Å². The molecule has 0 radical (unpaired) electrons. The lowest BCUT2D eigenvalue weighted by molar-refractivity contribution is -0.161. The predicted molar refractivity (Wildman–Crippen MR) is 435 cm³/mol. The minimum Gasteiger partial charge on any atom is -0.463 e. The Kier molecular flexibility index (Phi) is 75.1. The monoisotopic (exact) mass is 1510 g/mol. The molecule has 0 saturated carbocycles. The number of aliphatic hydroxyl groups is 2. The zero-order valence-electron chi connectivity index (χ0n) is 65.6. The highest BCUT2D eigenvalue weighted by molar-refractivity contribution is 7.47. The minimum atomic E-state index is -4.95. The van der Waals surface area contributed by atoms with Crippen LogP contribution in [0.3, 0.4) is 0 Å². The third kappa shape index (κ3) is 80.0. The van der Waals surface area contributed by atoms with Crippen molar-refractivity contribution in [2.75, 3.05) is 39.6 Å². The summed E-state index contributed by atoms with van der Waals surface area (Å²) in [5.41, 5.74) is 0. The summed E-state index contributed by atoms with van der Waals surface area (Å²) in [7, 11) is -9.81. The van der Waals surface area contributed by atoms with E-state index in [1.165, 1.54) is 83.5 Å². The normalized spacial score (nSPS) is 14.8. The Morgan fingerprint density at radius 2 is 0.505 bits per heavy atom. The van der Waals surface area contributed by atoms with Crippen LogP contribution >= 0.6 is 15.6 Å². The number of rotatable bonds is 76. The van der Waals surface area contributed by atoms with Crippen molar-refractivity contribution in [1.82, 2.24) is 0 Å². The quantitative estimate of drug-likeness (QED) is 0.0146. The fourth-order valence-corrected chi connectivity index (χ4v) is 12.2. The van der Waals surface area contributed by atoms with E-state index >= 15 is 0 Å². The van der Waals surface area contributed by atoms with E-state index in [0.717, 1.165) is 173 Å². The molecule has 0 aliphatic heterocycles. The second-order valence-electron chi connectivity index (χ2n) is 26.8. The van der Waals surface area contributed by atoms with Crippen LogP contribution in [0.25, 0.3) is 0 Å². The summed E-state index contributed by atoms with van der Waals surface area (Å²) >= 11 is 0. The molecule has 5 atom stereocenters. The molecule has 0 amide bonds. The third-order valence-corrected chi connectivity index (χ3v) is 18.6. The van der Waals surface area contributed by atoms with Crippen LogP contribution in [-0.2, 0) is 55.8 Å². The number of ether oxygens (including phenoxy) is 3. The second-order valence-corrected chi connectivity index (χ2v) is 29.7. The average Bonchev–Trinajstić information content (AvgIpc) is 0.923. The van der Waals surface area contributed by atoms with Crippen molar-refractivity contribution in [3.63, 3.8) is 0 Å². The van der Waals surface area contributed by atoms with Crippen LogP contribution in [0.2, 0.25) is 0 Å². The van der Waals surface area contributed by atoms with Gasteiger partial charge in [-0.3, -0.25) is 32.5 Å². The van der Waals surface area contributed by atoms with Crippen molar-refractivity contribution >= 4 is 33.6 Å². The molecule has 4 N–H and O–H groups in total. The Bertz CT molecular complexity index is 2540. The Morgan fingerprint density at radius 1 is 0.276 bits per heavy atom. The summed E-state index contributed by atoms with van der Waals surface area (Å²) in [6.45, 7) is 2.39. The maximum atomic E-state index is 13.0. The van der Waals surface area contributed by atoms with Gasteiger partial charge in [-0.2, -0.15) is 0 Å². The van der Waals surface area contributed by atoms with Gasteiger partial charge in [-0.15, -0.1) is 0 Å². The second kappa shape index (κ2) is 78.7. The first kappa shape index (κ1) is 100. The lowest BCUT2D eigenvalue weighted by Crippen LogP contribution is -2.30. The first-order valence-corrected chi connectivity index (χ1v) is 43.8. The summed E-state index contributed by atoms with van der Waals surface area (Å²) in [5.74, 6) is -1.62. The largest absolute Gasteiger partial charge is 0.472 e. The number of carbonyl (C=O) groups is 3. The number of esters is 3. The molecule has 0 fully saturated rings. The molecule has 105 heavy (non-hydrogen) atoms. The molecule has 600 valence electrons. The topological polar surface area (TPSA) is 231 Å². The molecule has 18 heteroatoms. The summed E-state index contributed by atoms with van der Waals surface area (Å²) < 4.78 is 61.2. The summed E-state index contributed by atoms with van der Waals surface area (Å²) in [5, 5.41) is 20.7. The van der Waals surface area contributed by atoms with Crippen LogP contribution in [0.15, 0.2) is 158 Å². The maximum Gasteiger partial charge on any atom is 0.472 e.